The fourth-order valence-corrected chi connectivity index (χ4v) is 2.32. The van der Waals surface area contributed by atoms with Crippen LogP contribution in [0.3, 0.4) is 0 Å². The number of esters is 1. The van der Waals surface area contributed by atoms with Crippen LogP contribution in [0.4, 0.5) is 0 Å². The summed E-state index contributed by atoms with van der Waals surface area (Å²) in [5, 5.41) is 3.42. The van der Waals surface area contributed by atoms with E-state index in [0.717, 1.165) is 25.6 Å². The van der Waals surface area contributed by atoms with Crippen molar-refractivity contribution in [3.8, 4) is 0 Å². The summed E-state index contributed by atoms with van der Waals surface area (Å²) in [6.45, 7) is 5.33. The topological polar surface area (TPSA) is 41.6 Å². The van der Waals surface area contributed by atoms with E-state index in [2.05, 4.69) is 10.2 Å². The first kappa shape index (κ1) is 10.9. The largest absolute Gasteiger partial charge is 0.463 e. The minimum Gasteiger partial charge on any atom is -0.463 e. The summed E-state index contributed by atoms with van der Waals surface area (Å²) in [5.74, 6) is 0.736. The third kappa shape index (κ3) is 3.47. The predicted molar refractivity (Wildman–Crippen MR) is 57.6 cm³/mol. The molecule has 2 aliphatic rings. The Balaban J connectivity index is 1.65. The molecule has 0 aliphatic carbocycles. The van der Waals surface area contributed by atoms with Crippen molar-refractivity contribution in [2.24, 2.45) is 5.92 Å². The van der Waals surface area contributed by atoms with Gasteiger partial charge < -0.3 is 10.1 Å². The monoisotopic (exact) mass is 212 g/mol. The summed E-state index contributed by atoms with van der Waals surface area (Å²) >= 11 is 0. The summed E-state index contributed by atoms with van der Waals surface area (Å²) in [4.78, 5) is 13.3. The molecular weight excluding hydrogens is 192 g/mol. The molecule has 0 spiro atoms. The third-order valence-corrected chi connectivity index (χ3v) is 3.28. The van der Waals surface area contributed by atoms with Gasteiger partial charge in [-0.3, -0.25) is 9.69 Å². The summed E-state index contributed by atoms with van der Waals surface area (Å²) in [6, 6.07) is 0. The van der Waals surface area contributed by atoms with Gasteiger partial charge in [-0.1, -0.05) is 0 Å². The first-order valence-corrected chi connectivity index (χ1v) is 5.93. The molecule has 0 saturated carbocycles. The normalized spacial score (nSPS) is 28.8. The van der Waals surface area contributed by atoms with E-state index in [1.165, 1.54) is 25.8 Å². The highest BCUT2D eigenvalue weighted by Gasteiger charge is 2.19. The van der Waals surface area contributed by atoms with Crippen LogP contribution in [0.15, 0.2) is 0 Å². The van der Waals surface area contributed by atoms with Gasteiger partial charge in [-0.2, -0.15) is 0 Å². The van der Waals surface area contributed by atoms with Gasteiger partial charge in [-0.05, 0) is 44.8 Å². The maximum absolute atomic E-state index is 11.0. The van der Waals surface area contributed by atoms with Crippen LogP contribution in [0.5, 0.6) is 0 Å². The number of piperidine rings is 1. The summed E-state index contributed by atoms with van der Waals surface area (Å²) in [6.07, 6.45) is 3.85. The number of hydrogen-bond donors (Lipinski definition) is 1. The molecule has 0 aromatic rings. The lowest BCUT2D eigenvalue weighted by molar-refractivity contribution is -0.150. The maximum atomic E-state index is 11.0. The van der Waals surface area contributed by atoms with Crippen molar-refractivity contribution in [3.63, 3.8) is 0 Å². The Morgan fingerprint density at radius 3 is 3.20 bits per heavy atom. The van der Waals surface area contributed by atoms with Gasteiger partial charge in [0.1, 0.15) is 6.61 Å². The van der Waals surface area contributed by atoms with E-state index in [1.54, 1.807) is 0 Å². The number of morpholine rings is 1. The zero-order valence-corrected chi connectivity index (χ0v) is 9.21. The Kier molecular flexibility index (Phi) is 3.97. The van der Waals surface area contributed by atoms with Gasteiger partial charge in [0.05, 0.1) is 6.54 Å². The number of ether oxygens (including phenoxy) is 1. The summed E-state index contributed by atoms with van der Waals surface area (Å²) < 4.78 is 4.91. The van der Waals surface area contributed by atoms with E-state index in [9.17, 15) is 4.79 Å². The fraction of sp³-hybridized carbons (Fsp3) is 0.909. The Bertz CT molecular complexity index is 215. The molecule has 2 heterocycles. The lowest BCUT2D eigenvalue weighted by atomic mass is 9.96. The first-order valence-electron chi connectivity index (χ1n) is 5.93. The summed E-state index contributed by atoms with van der Waals surface area (Å²) in [7, 11) is 0. The number of nitrogens with zero attached hydrogens (tertiary/aromatic N) is 1. The van der Waals surface area contributed by atoms with E-state index >= 15 is 0 Å². The molecule has 1 N–H and O–H groups in total. The number of hydrogen-bond acceptors (Lipinski definition) is 4. The molecule has 4 nitrogen and oxygen atoms in total. The number of carbonyl (C=O) groups excluding carboxylic acids is 1. The van der Waals surface area contributed by atoms with Crippen molar-refractivity contribution >= 4 is 5.97 Å². The van der Waals surface area contributed by atoms with Crippen molar-refractivity contribution in [3.05, 3.63) is 0 Å². The smallest absolute Gasteiger partial charge is 0.320 e. The number of cyclic esters (lactones) is 1. The lowest BCUT2D eigenvalue weighted by Crippen LogP contribution is -2.41. The molecule has 0 aromatic carbocycles. The molecule has 86 valence electrons. The molecule has 0 amide bonds. The van der Waals surface area contributed by atoms with E-state index in [0.29, 0.717) is 13.2 Å². The molecule has 1 atom stereocenters. The quantitative estimate of drug-likeness (QED) is 0.680. The molecule has 0 aromatic heterocycles. The van der Waals surface area contributed by atoms with Gasteiger partial charge in [-0.25, -0.2) is 0 Å². The molecule has 0 radical (unpaired) electrons. The van der Waals surface area contributed by atoms with Crippen molar-refractivity contribution < 1.29 is 9.53 Å². The SMILES string of the molecule is O=C1CN(CCC2CCCNC2)CCO1. The van der Waals surface area contributed by atoms with Crippen LogP contribution in [0.2, 0.25) is 0 Å². The van der Waals surface area contributed by atoms with Gasteiger partial charge in [0.15, 0.2) is 0 Å². The minimum absolute atomic E-state index is 0.0666. The second kappa shape index (κ2) is 5.47. The molecule has 2 saturated heterocycles. The Morgan fingerprint density at radius 2 is 2.47 bits per heavy atom. The summed E-state index contributed by atoms with van der Waals surface area (Å²) in [5.41, 5.74) is 0. The number of rotatable bonds is 3. The zero-order valence-electron chi connectivity index (χ0n) is 9.21. The molecule has 15 heavy (non-hydrogen) atoms. The van der Waals surface area contributed by atoms with Crippen molar-refractivity contribution in [1.29, 1.82) is 0 Å². The molecule has 2 rings (SSSR count). The highest BCUT2D eigenvalue weighted by Crippen LogP contribution is 2.14. The van der Waals surface area contributed by atoms with Gasteiger partial charge in [0.2, 0.25) is 0 Å². The Hall–Kier alpha value is -0.610. The molecular formula is C11H20N2O2. The van der Waals surface area contributed by atoms with Crippen LogP contribution in [0.25, 0.3) is 0 Å². The molecule has 1 unspecified atom stereocenters. The van der Waals surface area contributed by atoms with Crippen molar-refractivity contribution in [1.82, 2.24) is 10.2 Å². The molecule has 2 fully saturated rings. The average molecular weight is 212 g/mol. The van der Waals surface area contributed by atoms with E-state index in [1.807, 2.05) is 0 Å². The second-order valence-corrected chi connectivity index (χ2v) is 4.50. The van der Waals surface area contributed by atoms with Crippen LogP contribution in [-0.4, -0.2) is 50.2 Å². The van der Waals surface area contributed by atoms with Gasteiger partial charge in [0, 0.05) is 6.54 Å². The zero-order chi connectivity index (χ0) is 10.5. The van der Waals surface area contributed by atoms with Crippen molar-refractivity contribution in [2.75, 3.05) is 39.3 Å². The van der Waals surface area contributed by atoms with Crippen LogP contribution >= 0.6 is 0 Å². The number of nitrogens with one attached hydrogen (secondary N) is 1. The highest BCUT2D eigenvalue weighted by molar-refractivity contribution is 5.72. The Morgan fingerprint density at radius 1 is 1.53 bits per heavy atom. The fourth-order valence-electron chi connectivity index (χ4n) is 2.32. The van der Waals surface area contributed by atoms with Crippen LogP contribution in [0.1, 0.15) is 19.3 Å². The van der Waals surface area contributed by atoms with Gasteiger partial charge in [0.25, 0.3) is 0 Å². The highest BCUT2D eigenvalue weighted by atomic mass is 16.5. The minimum atomic E-state index is -0.0666. The third-order valence-electron chi connectivity index (χ3n) is 3.28. The lowest BCUT2D eigenvalue weighted by Gasteiger charge is -2.29. The first-order chi connectivity index (χ1) is 7.34. The molecule has 4 heteroatoms. The maximum Gasteiger partial charge on any atom is 0.320 e. The van der Waals surface area contributed by atoms with E-state index in [-0.39, 0.29) is 5.97 Å². The van der Waals surface area contributed by atoms with E-state index < -0.39 is 0 Å². The van der Waals surface area contributed by atoms with Gasteiger partial charge in [-0.15, -0.1) is 0 Å². The van der Waals surface area contributed by atoms with Crippen LogP contribution < -0.4 is 5.32 Å². The Labute approximate surface area is 91.0 Å². The average Bonchev–Trinajstić information content (AvgIpc) is 2.28. The number of carbonyl (C=O) groups is 1. The van der Waals surface area contributed by atoms with E-state index in [4.69, 9.17) is 4.74 Å². The van der Waals surface area contributed by atoms with Gasteiger partial charge >= 0.3 is 5.97 Å². The van der Waals surface area contributed by atoms with Crippen molar-refractivity contribution in [2.45, 2.75) is 19.3 Å². The van der Waals surface area contributed by atoms with Crippen LogP contribution in [0, 0.1) is 5.92 Å². The molecule has 0 bridgehead atoms. The van der Waals surface area contributed by atoms with Crippen LogP contribution in [-0.2, 0) is 9.53 Å². The second-order valence-electron chi connectivity index (χ2n) is 4.50. The predicted octanol–water partition coefficient (Wildman–Crippen LogP) is 0.235. The molecule has 2 aliphatic heterocycles. The standard InChI is InChI=1S/C11H20N2O2/c14-11-9-13(6-7-15-11)5-3-10-2-1-4-12-8-10/h10,12H,1-9H2.